The van der Waals surface area contributed by atoms with Gasteiger partial charge in [0.15, 0.2) is 5.65 Å². The highest BCUT2D eigenvalue weighted by Crippen LogP contribution is 2.32. The van der Waals surface area contributed by atoms with E-state index in [1.807, 2.05) is 12.3 Å². The molecule has 0 atom stereocenters. The van der Waals surface area contributed by atoms with Gasteiger partial charge in [0.2, 0.25) is 0 Å². The van der Waals surface area contributed by atoms with E-state index in [1.165, 1.54) is 11.3 Å². The highest BCUT2D eigenvalue weighted by atomic mass is 15.2. The fourth-order valence-electron chi connectivity index (χ4n) is 3.37. The van der Waals surface area contributed by atoms with E-state index in [1.54, 1.807) is 12.4 Å². The summed E-state index contributed by atoms with van der Waals surface area (Å²) in [4.78, 5) is 15.3. The van der Waals surface area contributed by atoms with Crippen molar-refractivity contribution >= 4 is 22.7 Å². The third-order valence-corrected chi connectivity index (χ3v) is 4.60. The maximum absolute atomic E-state index is 5.74. The quantitative estimate of drug-likeness (QED) is 0.752. The van der Waals surface area contributed by atoms with Gasteiger partial charge in [0.1, 0.15) is 18.0 Å². The molecule has 118 valence electrons. The lowest BCUT2D eigenvalue weighted by Gasteiger charge is -2.33. The van der Waals surface area contributed by atoms with Gasteiger partial charge in [0.05, 0.1) is 11.6 Å². The Kier molecular flexibility index (Phi) is 3.33. The number of nitrogens with zero attached hydrogens (tertiary/aromatic N) is 5. The second-order valence-corrected chi connectivity index (χ2v) is 6.02. The van der Waals surface area contributed by atoms with Crippen LogP contribution in [0.4, 0.5) is 11.6 Å². The van der Waals surface area contributed by atoms with Gasteiger partial charge in [-0.1, -0.05) is 0 Å². The zero-order valence-electron chi connectivity index (χ0n) is 13.0. The number of hydrogen-bond donors (Lipinski definition) is 2. The van der Waals surface area contributed by atoms with Gasteiger partial charge in [-0.15, -0.1) is 0 Å². The van der Waals surface area contributed by atoms with Crippen LogP contribution in [0.25, 0.3) is 11.0 Å². The maximum Gasteiger partial charge on any atom is 0.166 e. The number of nitrogens with two attached hydrogens (primary N) is 1. The van der Waals surface area contributed by atoms with Gasteiger partial charge in [0.25, 0.3) is 0 Å². The molecule has 7 nitrogen and oxygen atoms in total. The van der Waals surface area contributed by atoms with Gasteiger partial charge in [0, 0.05) is 18.8 Å². The summed E-state index contributed by atoms with van der Waals surface area (Å²) in [6, 6.07) is 3.76. The Hall–Kier alpha value is -2.70. The van der Waals surface area contributed by atoms with Gasteiger partial charge in [-0.25, -0.2) is 15.0 Å². The molecule has 0 aromatic carbocycles. The zero-order valence-corrected chi connectivity index (χ0v) is 13.0. The van der Waals surface area contributed by atoms with E-state index in [4.69, 9.17) is 5.73 Å². The van der Waals surface area contributed by atoms with Crippen molar-refractivity contribution in [2.75, 3.05) is 23.7 Å². The molecule has 23 heavy (non-hydrogen) atoms. The molecular formula is C16H19N7. The molecule has 1 saturated heterocycles. The molecule has 3 aromatic heterocycles. The van der Waals surface area contributed by atoms with Gasteiger partial charge < -0.3 is 10.6 Å². The third-order valence-electron chi connectivity index (χ3n) is 4.60. The summed E-state index contributed by atoms with van der Waals surface area (Å²) in [5, 5.41) is 8.14. The number of H-pyrrole nitrogens is 1. The molecule has 3 N–H and O–H groups in total. The largest absolute Gasteiger partial charge is 0.384 e. The Morgan fingerprint density at radius 1 is 1.22 bits per heavy atom. The number of anilines is 2. The topological polar surface area (TPSA) is 96.6 Å². The van der Waals surface area contributed by atoms with E-state index in [0.717, 1.165) is 37.1 Å². The number of rotatable bonds is 2. The zero-order chi connectivity index (χ0) is 15.8. The normalized spacial score (nSPS) is 16.1. The number of fused-ring (bicyclic) bond motifs is 1. The van der Waals surface area contributed by atoms with E-state index in [-0.39, 0.29) is 0 Å². The number of aryl methyl sites for hydroxylation is 1. The minimum absolute atomic E-state index is 0.483. The van der Waals surface area contributed by atoms with Crippen LogP contribution in [0.15, 0.2) is 24.7 Å². The molecule has 0 amide bonds. The first-order valence-corrected chi connectivity index (χ1v) is 7.84. The first-order valence-electron chi connectivity index (χ1n) is 7.84. The second kappa shape index (κ2) is 5.49. The van der Waals surface area contributed by atoms with Crippen molar-refractivity contribution in [3.05, 3.63) is 35.9 Å². The fraction of sp³-hybridized carbons (Fsp3) is 0.375. The number of piperidine rings is 1. The monoisotopic (exact) mass is 309 g/mol. The Bertz CT molecular complexity index is 833. The molecule has 0 spiro atoms. The molecule has 0 radical (unpaired) electrons. The lowest BCUT2D eigenvalue weighted by molar-refractivity contribution is 0.502. The molecule has 1 aliphatic heterocycles. The predicted molar refractivity (Wildman–Crippen MR) is 89.3 cm³/mol. The fourth-order valence-corrected chi connectivity index (χ4v) is 3.37. The molecule has 0 saturated carbocycles. The summed E-state index contributed by atoms with van der Waals surface area (Å²) in [7, 11) is 0. The second-order valence-electron chi connectivity index (χ2n) is 6.02. The number of pyridine rings is 1. The number of nitrogens with one attached hydrogen (secondary N) is 1. The predicted octanol–water partition coefficient (Wildman–Crippen LogP) is 2.02. The summed E-state index contributed by atoms with van der Waals surface area (Å²) in [6.45, 7) is 4.01. The molecule has 4 heterocycles. The summed E-state index contributed by atoms with van der Waals surface area (Å²) < 4.78 is 0. The molecule has 3 aromatic rings. The molecule has 1 fully saturated rings. The highest BCUT2D eigenvalue weighted by molar-refractivity contribution is 5.87. The average molecular weight is 309 g/mol. The van der Waals surface area contributed by atoms with Crippen molar-refractivity contribution < 1.29 is 0 Å². The van der Waals surface area contributed by atoms with E-state index < -0.39 is 0 Å². The van der Waals surface area contributed by atoms with Crippen molar-refractivity contribution in [2.24, 2.45) is 0 Å². The Morgan fingerprint density at radius 2 is 2.04 bits per heavy atom. The summed E-state index contributed by atoms with van der Waals surface area (Å²) in [5.41, 5.74) is 8.92. The van der Waals surface area contributed by atoms with Crippen LogP contribution in [0.1, 0.15) is 30.0 Å². The van der Waals surface area contributed by atoms with Gasteiger partial charge >= 0.3 is 0 Å². The molecule has 0 aliphatic carbocycles. The minimum atomic E-state index is 0.483. The van der Waals surface area contributed by atoms with Crippen LogP contribution in [0.3, 0.4) is 0 Å². The van der Waals surface area contributed by atoms with E-state index >= 15 is 0 Å². The third kappa shape index (κ3) is 2.48. The molecule has 4 rings (SSSR count). The summed E-state index contributed by atoms with van der Waals surface area (Å²) in [6.07, 6.45) is 5.71. The van der Waals surface area contributed by atoms with Gasteiger partial charge in [-0.3, -0.25) is 5.10 Å². The Morgan fingerprint density at radius 3 is 2.78 bits per heavy atom. The van der Waals surface area contributed by atoms with Crippen LogP contribution in [-0.4, -0.2) is 38.2 Å². The lowest BCUT2D eigenvalue weighted by Crippen LogP contribution is -2.33. The van der Waals surface area contributed by atoms with Crippen LogP contribution in [-0.2, 0) is 0 Å². The SMILES string of the molecule is Cc1[nH]ncc1C1CCN(c2ncnc3nc(N)ccc23)CC1. The van der Waals surface area contributed by atoms with Crippen molar-refractivity contribution in [1.29, 1.82) is 0 Å². The summed E-state index contributed by atoms with van der Waals surface area (Å²) >= 11 is 0. The number of aromatic amines is 1. The lowest BCUT2D eigenvalue weighted by atomic mass is 9.90. The van der Waals surface area contributed by atoms with Crippen molar-refractivity contribution in [2.45, 2.75) is 25.7 Å². The number of aromatic nitrogens is 5. The standard InChI is InChI=1S/C16H19N7/c1-10-13(8-20-22-10)11-4-6-23(7-5-11)16-12-2-3-14(17)21-15(12)18-9-19-16/h2-3,8-9,11H,4-7H2,1H3,(H,20,22)(H2,17,18,19,21). The molecule has 0 unspecified atom stereocenters. The Balaban J connectivity index is 1.58. The van der Waals surface area contributed by atoms with E-state index in [9.17, 15) is 0 Å². The first-order chi connectivity index (χ1) is 11.2. The number of hydrogen-bond acceptors (Lipinski definition) is 6. The minimum Gasteiger partial charge on any atom is -0.384 e. The van der Waals surface area contributed by atoms with Crippen molar-refractivity contribution in [3.63, 3.8) is 0 Å². The van der Waals surface area contributed by atoms with Crippen LogP contribution >= 0.6 is 0 Å². The van der Waals surface area contributed by atoms with Crippen molar-refractivity contribution in [1.82, 2.24) is 25.1 Å². The highest BCUT2D eigenvalue weighted by Gasteiger charge is 2.24. The van der Waals surface area contributed by atoms with Crippen molar-refractivity contribution in [3.8, 4) is 0 Å². The van der Waals surface area contributed by atoms with Crippen LogP contribution in [0, 0.1) is 6.92 Å². The van der Waals surface area contributed by atoms with Crippen LogP contribution in [0.2, 0.25) is 0 Å². The van der Waals surface area contributed by atoms with Crippen LogP contribution < -0.4 is 10.6 Å². The van der Waals surface area contributed by atoms with E-state index in [0.29, 0.717) is 17.4 Å². The molecular weight excluding hydrogens is 290 g/mol. The van der Waals surface area contributed by atoms with Gasteiger partial charge in [-0.05, 0) is 43.4 Å². The molecule has 7 heteroatoms. The molecule has 1 aliphatic rings. The smallest absolute Gasteiger partial charge is 0.166 e. The average Bonchev–Trinajstić information content (AvgIpc) is 3.00. The van der Waals surface area contributed by atoms with Crippen LogP contribution in [0.5, 0.6) is 0 Å². The maximum atomic E-state index is 5.74. The van der Waals surface area contributed by atoms with E-state index in [2.05, 4.69) is 37.0 Å². The first kappa shape index (κ1) is 13.9. The molecule has 0 bridgehead atoms. The summed E-state index contributed by atoms with van der Waals surface area (Å²) in [5.74, 6) is 1.99. The van der Waals surface area contributed by atoms with Gasteiger partial charge in [-0.2, -0.15) is 5.10 Å². The number of nitrogen functional groups attached to an aromatic ring is 1. The Labute approximate surface area is 134 Å².